The zero-order valence-electron chi connectivity index (χ0n) is 18.7. The Hall–Kier alpha value is -3.55. The second kappa shape index (κ2) is 11.0. The highest BCUT2D eigenvalue weighted by Gasteiger charge is 2.21. The number of benzene rings is 3. The van der Waals surface area contributed by atoms with Crippen molar-refractivity contribution in [3.63, 3.8) is 0 Å². The van der Waals surface area contributed by atoms with Gasteiger partial charge in [0.2, 0.25) is 0 Å². The largest absolute Gasteiger partial charge is 0.507 e. The molecule has 3 aromatic rings. The van der Waals surface area contributed by atoms with E-state index in [9.17, 15) is 19.8 Å². The van der Waals surface area contributed by atoms with Gasteiger partial charge in [-0.15, -0.1) is 12.4 Å². The highest BCUT2D eigenvalue weighted by atomic mass is 35.5. The molecule has 7 nitrogen and oxygen atoms in total. The van der Waals surface area contributed by atoms with Crippen LogP contribution in [0.2, 0.25) is 0 Å². The van der Waals surface area contributed by atoms with Gasteiger partial charge in [0.05, 0.1) is 16.8 Å². The first-order valence-electron chi connectivity index (χ1n) is 10.8. The number of aromatic hydroxyl groups is 1. The first kappa shape index (κ1) is 25.1. The second-order valence-corrected chi connectivity index (χ2v) is 8.19. The number of phenolic OH excluding ortho intramolecular Hbond substituents is 1. The molecule has 1 amide bonds. The number of anilines is 1. The minimum absolute atomic E-state index is 0. The molecule has 0 spiro atoms. The van der Waals surface area contributed by atoms with Crippen molar-refractivity contribution in [3.05, 3.63) is 77.9 Å². The topological polar surface area (TPSA) is 99.1 Å². The summed E-state index contributed by atoms with van der Waals surface area (Å²) in [6.07, 6.45) is 1.81. The van der Waals surface area contributed by atoms with E-state index in [1.54, 1.807) is 18.2 Å². The number of aromatic carboxylic acids is 1. The number of halogens is 1. The lowest BCUT2D eigenvalue weighted by Crippen LogP contribution is -2.35. The quantitative estimate of drug-likeness (QED) is 0.462. The average molecular weight is 483 g/mol. The number of carbonyl (C=O) groups is 2. The zero-order chi connectivity index (χ0) is 23.4. The van der Waals surface area contributed by atoms with Crippen molar-refractivity contribution >= 4 is 30.0 Å². The number of piperidine rings is 1. The van der Waals surface area contributed by atoms with E-state index in [0.29, 0.717) is 5.75 Å². The van der Waals surface area contributed by atoms with Crippen LogP contribution in [0.5, 0.6) is 11.5 Å². The summed E-state index contributed by atoms with van der Waals surface area (Å²) in [4.78, 5) is 27.0. The molecule has 0 atom stereocenters. The molecule has 3 N–H and O–H groups in total. The number of nitrogens with one attached hydrogen (secondary N) is 1. The van der Waals surface area contributed by atoms with Crippen LogP contribution in [-0.2, 0) is 0 Å². The predicted octanol–water partition coefficient (Wildman–Crippen LogP) is 4.90. The molecular weight excluding hydrogens is 456 g/mol. The number of rotatable bonds is 6. The number of carbonyl (C=O) groups excluding carboxylic acids is 1. The summed E-state index contributed by atoms with van der Waals surface area (Å²) in [6.45, 7) is 1.87. The molecule has 34 heavy (non-hydrogen) atoms. The van der Waals surface area contributed by atoms with Gasteiger partial charge in [0, 0.05) is 13.1 Å². The molecule has 8 heteroatoms. The van der Waals surface area contributed by atoms with Gasteiger partial charge in [-0.2, -0.15) is 0 Å². The summed E-state index contributed by atoms with van der Waals surface area (Å²) in [5.74, 6) is -1.49. The lowest BCUT2D eigenvalue weighted by molar-refractivity contribution is 0.0698. The van der Waals surface area contributed by atoms with E-state index in [-0.39, 0.29) is 41.1 Å². The van der Waals surface area contributed by atoms with Gasteiger partial charge in [0.25, 0.3) is 5.91 Å². The van der Waals surface area contributed by atoms with Crippen LogP contribution >= 0.6 is 12.4 Å². The molecule has 1 aliphatic heterocycles. The summed E-state index contributed by atoms with van der Waals surface area (Å²) in [5, 5.41) is 22.5. The van der Waals surface area contributed by atoms with E-state index in [0.717, 1.165) is 37.1 Å². The summed E-state index contributed by atoms with van der Waals surface area (Å²) < 4.78 is 6.03. The Morgan fingerprint density at radius 1 is 0.941 bits per heavy atom. The van der Waals surface area contributed by atoms with Gasteiger partial charge < -0.3 is 25.2 Å². The van der Waals surface area contributed by atoms with Gasteiger partial charge in [-0.25, -0.2) is 4.79 Å². The first-order valence-corrected chi connectivity index (χ1v) is 10.8. The van der Waals surface area contributed by atoms with Gasteiger partial charge in [-0.1, -0.05) is 36.4 Å². The van der Waals surface area contributed by atoms with Crippen molar-refractivity contribution in [3.8, 4) is 22.6 Å². The molecule has 0 bridgehead atoms. The monoisotopic (exact) mass is 482 g/mol. The maximum Gasteiger partial charge on any atom is 0.337 e. The highest BCUT2D eigenvalue weighted by Crippen LogP contribution is 2.29. The summed E-state index contributed by atoms with van der Waals surface area (Å²) >= 11 is 0. The van der Waals surface area contributed by atoms with Gasteiger partial charge in [-0.05, 0) is 61.3 Å². The van der Waals surface area contributed by atoms with Crippen LogP contribution < -0.4 is 10.1 Å². The molecule has 1 aliphatic rings. The van der Waals surface area contributed by atoms with Crippen LogP contribution in [0.15, 0.2) is 66.7 Å². The number of amides is 1. The molecule has 0 aromatic heterocycles. The standard InChI is InChI=1S/C26H26N2O5.ClH/c1-28-13-11-19(12-14-28)33-20-8-10-24(29)22(16-20)25(30)27-23-15-18(7-9-21(23)26(31)32)17-5-3-2-4-6-17;/h2-10,15-16,19,29H,11-14H2,1H3,(H,27,30)(H,31,32);1H. The van der Waals surface area contributed by atoms with Gasteiger partial charge in [0.15, 0.2) is 0 Å². The van der Waals surface area contributed by atoms with Crippen LogP contribution in [0.1, 0.15) is 33.6 Å². The van der Waals surface area contributed by atoms with Gasteiger partial charge >= 0.3 is 5.97 Å². The van der Waals surface area contributed by atoms with Crippen LogP contribution in [0.25, 0.3) is 11.1 Å². The maximum atomic E-state index is 13.0. The number of ether oxygens (including phenoxy) is 1. The van der Waals surface area contributed by atoms with Crippen LogP contribution in [0.4, 0.5) is 5.69 Å². The number of hydrogen-bond acceptors (Lipinski definition) is 5. The molecule has 4 rings (SSSR count). The SMILES string of the molecule is CN1CCC(Oc2ccc(O)c(C(=O)Nc3cc(-c4ccccc4)ccc3C(=O)O)c2)CC1.Cl. The Labute approximate surface area is 204 Å². The highest BCUT2D eigenvalue weighted by molar-refractivity contribution is 6.09. The maximum absolute atomic E-state index is 13.0. The Morgan fingerprint density at radius 2 is 1.65 bits per heavy atom. The fourth-order valence-electron chi connectivity index (χ4n) is 3.90. The molecule has 3 aromatic carbocycles. The van der Waals surface area contributed by atoms with Crippen molar-refractivity contribution in [1.29, 1.82) is 0 Å². The van der Waals surface area contributed by atoms with Crippen molar-refractivity contribution in [2.45, 2.75) is 18.9 Å². The molecule has 1 heterocycles. The minimum atomic E-state index is -1.16. The van der Waals surface area contributed by atoms with Gasteiger partial charge in [0.1, 0.15) is 17.6 Å². The number of carboxylic acids is 1. The van der Waals surface area contributed by atoms with Crippen molar-refractivity contribution < 1.29 is 24.5 Å². The average Bonchev–Trinajstić information content (AvgIpc) is 2.82. The molecule has 178 valence electrons. The van der Waals surface area contributed by atoms with Crippen molar-refractivity contribution in [2.75, 3.05) is 25.5 Å². The second-order valence-electron chi connectivity index (χ2n) is 8.19. The molecule has 1 saturated heterocycles. The summed E-state index contributed by atoms with van der Waals surface area (Å²) in [7, 11) is 2.07. The molecule has 0 radical (unpaired) electrons. The third-order valence-corrected chi connectivity index (χ3v) is 5.79. The lowest BCUT2D eigenvalue weighted by Gasteiger charge is -2.29. The fourth-order valence-corrected chi connectivity index (χ4v) is 3.90. The smallest absolute Gasteiger partial charge is 0.337 e. The first-order chi connectivity index (χ1) is 15.9. The third kappa shape index (κ3) is 5.87. The Bertz CT molecular complexity index is 1160. The predicted molar refractivity (Wildman–Crippen MR) is 133 cm³/mol. The van der Waals surface area contributed by atoms with E-state index < -0.39 is 11.9 Å². The number of carboxylic acid groups (broad SMARTS) is 1. The zero-order valence-corrected chi connectivity index (χ0v) is 19.5. The number of phenols is 1. The molecule has 0 saturated carbocycles. The molecular formula is C26H27ClN2O5. The summed E-state index contributed by atoms with van der Waals surface area (Å²) in [5.41, 5.74) is 1.78. The van der Waals surface area contributed by atoms with E-state index in [4.69, 9.17) is 4.74 Å². The number of nitrogens with zero attached hydrogens (tertiary/aromatic N) is 1. The van der Waals surface area contributed by atoms with Crippen molar-refractivity contribution in [1.82, 2.24) is 4.90 Å². The number of likely N-dealkylation sites (tertiary alicyclic amines) is 1. The van der Waals surface area contributed by atoms with Crippen LogP contribution in [0.3, 0.4) is 0 Å². The third-order valence-electron chi connectivity index (χ3n) is 5.79. The molecule has 0 aliphatic carbocycles. The van der Waals surface area contributed by atoms with E-state index in [1.807, 2.05) is 30.3 Å². The minimum Gasteiger partial charge on any atom is -0.507 e. The Kier molecular flexibility index (Phi) is 8.15. The van der Waals surface area contributed by atoms with Crippen LogP contribution in [0, 0.1) is 0 Å². The van der Waals surface area contributed by atoms with Crippen molar-refractivity contribution in [2.24, 2.45) is 0 Å². The lowest BCUT2D eigenvalue weighted by atomic mass is 10.0. The molecule has 1 fully saturated rings. The van der Waals surface area contributed by atoms with E-state index in [1.165, 1.54) is 18.2 Å². The van der Waals surface area contributed by atoms with E-state index in [2.05, 4.69) is 17.3 Å². The molecule has 0 unspecified atom stereocenters. The fraction of sp³-hybridized carbons (Fsp3) is 0.231. The Morgan fingerprint density at radius 3 is 2.32 bits per heavy atom. The Balaban J connectivity index is 0.00000324. The summed E-state index contributed by atoms with van der Waals surface area (Å²) in [6, 6.07) is 18.8. The normalized spacial score (nSPS) is 14.1. The number of hydrogen-bond donors (Lipinski definition) is 3. The van der Waals surface area contributed by atoms with E-state index >= 15 is 0 Å². The van der Waals surface area contributed by atoms with Gasteiger partial charge in [-0.3, -0.25) is 4.79 Å². The van der Waals surface area contributed by atoms with Crippen LogP contribution in [-0.4, -0.2) is 53.2 Å².